The number of ether oxygens (including phenoxy) is 1. The molecule has 1 aromatic carbocycles. The fraction of sp³-hybridized carbons (Fsp3) is 0.571. The third-order valence-electron chi connectivity index (χ3n) is 3.34. The lowest BCUT2D eigenvalue weighted by molar-refractivity contribution is 0.127. The maximum Gasteiger partial charge on any atom is 0.123 e. The Kier molecular flexibility index (Phi) is 4.69. The molecule has 2 N–H and O–H groups in total. The van der Waals surface area contributed by atoms with Crippen LogP contribution in [0.5, 0.6) is 0 Å². The van der Waals surface area contributed by atoms with E-state index in [1.54, 1.807) is 12.1 Å². The van der Waals surface area contributed by atoms with Crippen LogP contribution in [-0.4, -0.2) is 37.2 Å². The summed E-state index contributed by atoms with van der Waals surface area (Å²) in [5.41, 5.74) is 7.05. The Hall–Kier alpha value is -0.970. The minimum atomic E-state index is -0.204. The number of rotatable bonds is 3. The molecule has 0 aromatic heterocycles. The van der Waals surface area contributed by atoms with Gasteiger partial charge in [-0.3, -0.25) is 4.90 Å². The number of benzene rings is 1. The van der Waals surface area contributed by atoms with E-state index in [1.807, 2.05) is 13.0 Å². The molecule has 3 nitrogen and oxygen atoms in total. The first kappa shape index (κ1) is 13.5. The average Bonchev–Trinajstić information content (AvgIpc) is 2.58. The number of nitrogens with two attached hydrogens (primary N) is 1. The second-order valence-corrected chi connectivity index (χ2v) is 4.86. The third kappa shape index (κ3) is 3.28. The zero-order valence-electron chi connectivity index (χ0n) is 10.8. The molecule has 2 unspecified atom stereocenters. The van der Waals surface area contributed by atoms with Gasteiger partial charge in [-0.1, -0.05) is 12.1 Å². The standard InChI is InChI=1S/C14H21FN2O/c1-11(16)14(12-4-2-5-13(15)10-12)17-6-3-8-18-9-7-17/h2,4-5,10-11,14H,3,6-9,16H2,1H3. The van der Waals surface area contributed by atoms with E-state index < -0.39 is 0 Å². The van der Waals surface area contributed by atoms with Gasteiger partial charge in [0.1, 0.15) is 5.82 Å². The quantitative estimate of drug-likeness (QED) is 0.893. The second kappa shape index (κ2) is 6.27. The van der Waals surface area contributed by atoms with Crippen molar-refractivity contribution >= 4 is 0 Å². The van der Waals surface area contributed by atoms with Crippen LogP contribution in [0.15, 0.2) is 24.3 Å². The van der Waals surface area contributed by atoms with E-state index in [0.717, 1.165) is 38.3 Å². The van der Waals surface area contributed by atoms with Gasteiger partial charge < -0.3 is 10.5 Å². The average molecular weight is 252 g/mol. The van der Waals surface area contributed by atoms with Crippen molar-refractivity contribution in [2.45, 2.75) is 25.4 Å². The minimum absolute atomic E-state index is 0.0371. The van der Waals surface area contributed by atoms with E-state index in [-0.39, 0.29) is 17.9 Å². The van der Waals surface area contributed by atoms with Crippen molar-refractivity contribution in [3.63, 3.8) is 0 Å². The summed E-state index contributed by atoms with van der Waals surface area (Å²) in [5.74, 6) is -0.204. The maximum absolute atomic E-state index is 13.4. The number of hydrogen-bond donors (Lipinski definition) is 1. The molecule has 100 valence electrons. The molecule has 0 aliphatic carbocycles. The van der Waals surface area contributed by atoms with Crippen LogP contribution in [0.2, 0.25) is 0 Å². The molecule has 0 radical (unpaired) electrons. The first-order valence-corrected chi connectivity index (χ1v) is 6.51. The lowest BCUT2D eigenvalue weighted by atomic mass is 9.99. The summed E-state index contributed by atoms with van der Waals surface area (Å²) in [6, 6.07) is 6.76. The lowest BCUT2D eigenvalue weighted by Crippen LogP contribution is -2.40. The van der Waals surface area contributed by atoms with Gasteiger partial charge in [-0.25, -0.2) is 4.39 Å². The van der Waals surface area contributed by atoms with Crippen LogP contribution in [-0.2, 0) is 4.74 Å². The molecule has 1 fully saturated rings. The molecule has 1 saturated heterocycles. The van der Waals surface area contributed by atoms with E-state index in [9.17, 15) is 4.39 Å². The molecule has 18 heavy (non-hydrogen) atoms. The van der Waals surface area contributed by atoms with E-state index in [0.29, 0.717) is 0 Å². The zero-order chi connectivity index (χ0) is 13.0. The van der Waals surface area contributed by atoms with Gasteiger partial charge in [-0.15, -0.1) is 0 Å². The van der Waals surface area contributed by atoms with Crippen LogP contribution < -0.4 is 5.73 Å². The zero-order valence-corrected chi connectivity index (χ0v) is 10.8. The van der Waals surface area contributed by atoms with Gasteiger partial charge in [0.25, 0.3) is 0 Å². The monoisotopic (exact) mass is 252 g/mol. The first-order valence-electron chi connectivity index (χ1n) is 6.51. The fourth-order valence-corrected chi connectivity index (χ4v) is 2.58. The van der Waals surface area contributed by atoms with Crippen molar-refractivity contribution < 1.29 is 9.13 Å². The predicted molar refractivity (Wildman–Crippen MR) is 69.8 cm³/mol. The van der Waals surface area contributed by atoms with Gasteiger partial charge in [0.05, 0.1) is 6.61 Å². The highest BCUT2D eigenvalue weighted by atomic mass is 19.1. The van der Waals surface area contributed by atoms with E-state index in [2.05, 4.69) is 4.90 Å². The molecule has 1 heterocycles. The van der Waals surface area contributed by atoms with Crippen LogP contribution >= 0.6 is 0 Å². The SMILES string of the molecule is CC(N)C(c1cccc(F)c1)N1CCCOCC1. The van der Waals surface area contributed by atoms with Crippen molar-refractivity contribution in [1.82, 2.24) is 4.90 Å². The molecule has 2 rings (SSSR count). The second-order valence-electron chi connectivity index (χ2n) is 4.86. The normalized spacial score (nSPS) is 21.3. The lowest BCUT2D eigenvalue weighted by Gasteiger charge is -2.33. The van der Waals surface area contributed by atoms with E-state index >= 15 is 0 Å². The molecule has 2 atom stereocenters. The molecule has 1 aliphatic rings. The molecule has 4 heteroatoms. The smallest absolute Gasteiger partial charge is 0.123 e. The molecular weight excluding hydrogens is 231 g/mol. The molecular formula is C14H21FN2O. The van der Waals surface area contributed by atoms with Gasteiger partial charge in [0, 0.05) is 31.8 Å². The van der Waals surface area contributed by atoms with Gasteiger partial charge in [0.15, 0.2) is 0 Å². The first-order chi connectivity index (χ1) is 8.68. The Morgan fingerprint density at radius 3 is 2.89 bits per heavy atom. The van der Waals surface area contributed by atoms with Gasteiger partial charge >= 0.3 is 0 Å². The Balaban J connectivity index is 2.21. The van der Waals surface area contributed by atoms with Crippen LogP contribution in [0.4, 0.5) is 4.39 Å². The van der Waals surface area contributed by atoms with Crippen LogP contribution in [0.3, 0.4) is 0 Å². The largest absolute Gasteiger partial charge is 0.380 e. The van der Waals surface area contributed by atoms with Gasteiger partial charge in [-0.05, 0) is 31.0 Å². The summed E-state index contributed by atoms with van der Waals surface area (Å²) in [6.07, 6.45) is 0.999. The molecule has 0 amide bonds. The number of halogens is 1. The summed E-state index contributed by atoms with van der Waals surface area (Å²) in [6.45, 7) is 5.29. The Morgan fingerprint density at radius 1 is 1.33 bits per heavy atom. The summed E-state index contributed by atoms with van der Waals surface area (Å²) in [5, 5.41) is 0. The summed E-state index contributed by atoms with van der Waals surface area (Å²) >= 11 is 0. The predicted octanol–water partition coefficient (Wildman–Crippen LogP) is 1.94. The van der Waals surface area contributed by atoms with Crippen molar-refractivity contribution in [1.29, 1.82) is 0 Å². The van der Waals surface area contributed by atoms with E-state index in [1.165, 1.54) is 6.07 Å². The molecule has 1 aromatic rings. The van der Waals surface area contributed by atoms with Gasteiger partial charge in [0.2, 0.25) is 0 Å². The summed E-state index contributed by atoms with van der Waals surface area (Å²) < 4.78 is 18.8. The highest BCUT2D eigenvalue weighted by molar-refractivity contribution is 5.21. The Labute approximate surface area is 108 Å². The number of hydrogen-bond acceptors (Lipinski definition) is 3. The Morgan fingerprint density at radius 2 is 2.17 bits per heavy atom. The highest BCUT2D eigenvalue weighted by Gasteiger charge is 2.25. The van der Waals surface area contributed by atoms with Crippen molar-refractivity contribution in [2.24, 2.45) is 5.73 Å². The maximum atomic E-state index is 13.4. The fourth-order valence-electron chi connectivity index (χ4n) is 2.58. The van der Waals surface area contributed by atoms with Gasteiger partial charge in [-0.2, -0.15) is 0 Å². The molecule has 0 spiro atoms. The minimum Gasteiger partial charge on any atom is -0.380 e. The van der Waals surface area contributed by atoms with Crippen molar-refractivity contribution in [3.8, 4) is 0 Å². The molecule has 0 saturated carbocycles. The number of nitrogens with zero attached hydrogens (tertiary/aromatic N) is 1. The van der Waals surface area contributed by atoms with Crippen molar-refractivity contribution in [3.05, 3.63) is 35.6 Å². The summed E-state index contributed by atoms with van der Waals surface area (Å²) in [4.78, 5) is 2.30. The molecule has 1 aliphatic heterocycles. The molecule has 0 bridgehead atoms. The highest BCUT2D eigenvalue weighted by Crippen LogP contribution is 2.25. The van der Waals surface area contributed by atoms with Crippen LogP contribution in [0, 0.1) is 5.82 Å². The van der Waals surface area contributed by atoms with Crippen LogP contribution in [0.25, 0.3) is 0 Å². The van der Waals surface area contributed by atoms with E-state index in [4.69, 9.17) is 10.5 Å². The summed E-state index contributed by atoms with van der Waals surface area (Å²) in [7, 11) is 0. The van der Waals surface area contributed by atoms with Crippen LogP contribution in [0.1, 0.15) is 24.9 Å². The topological polar surface area (TPSA) is 38.5 Å². The van der Waals surface area contributed by atoms with Crippen molar-refractivity contribution in [2.75, 3.05) is 26.3 Å². The Bertz CT molecular complexity index is 376. The third-order valence-corrected chi connectivity index (χ3v) is 3.34.